The van der Waals surface area contributed by atoms with Crippen molar-refractivity contribution in [3.63, 3.8) is 0 Å². The minimum Gasteiger partial charge on any atom is -0.465 e. The summed E-state index contributed by atoms with van der Waals surface area (Å²) in [6.45, 7) is 3.80. The largest absolute Gasteiger partial charge is 0.465 e. The third-order valence-electron chi connectivity index (χ3n) is 3.68. The lowest BCUT2D eigenvalue weighted by Crippen LogP contribution is -2.38. The first-order valence-corrected chi connectivity index (χ1v) is 8.36. The quantitative estimate of drug-likeness (QED) is 0.592. The molecule has 1 N–H and O–H groups in total. The first kappa shape index (κ1) is 17.3. The summed E-state index contributed by atoms with van der Waals surface area (Å²) in [7, 11) is 0. The van der Waals surface area contributed by atoms with E-state index in [1.54, 1.807) is 6.92 Å². The molecule has 2 heterocycles. The Bertz CT molecular complexity index is 577. The predicted molar refractivity (Wildman–Crippen MR) is 81.6 cm³/mol. The molecule has 1 amide bonds. The van der Waals surface area contributed by atoms with Gasteiger partial charge < -0.3 is 9.47 Å². The minimum absolute atomic E-state index is 0.0185. The van der Waals surface area contributed by atoms with Gasteiger partial charge in [-0.1, -0.05) is 31.1 Å². The van der Waals surface area contributed by atoms with Crippen LogP contribution in [0.5, 0.6) is 0 Å². The number of hydrogen-bond acceptors (Lipinski definition) is 8. The van der Waals surface area contributed by atoms with Crippen molar-refractivity contribution in [3.05, 3.63) is 5.51 Å². The number of hydrogen-bond donors (Lipinski definition) is 1. The molecule has 9 heteroatoms. The van der Waals surface area contributed by atoms with E-state index in [2.05, 4.69) is 15.5 Å². The molecular weight excluding hydrogens is 322 g/mol. The Morgan fingerprint density at radius 2 is 2.30 bits per heavy atom. The van der Waals surface area contributed by atoms with E-state index in [4.69, 9.17) is 9.47 Å². The first-order chi connectivity index (χ1) is 11.0. The van der Waals surface area contributed by atoms with Gasteiger partial charge in [-0.25, -0.2) is 0 Å². The van der Waals surface area contributed by atoms with E-state index in [-0.39, 0.29) is 13.0 Å². The van der Waals surface area contributed by atoms with Crippen molar-refractivity contribution in [2.45, 2.75) is 45.6 Å². The van der Waals surface area contributed by atoms with Crippen LogP contribution in [-0.4, -0.2) is 40.8 Å². The zero-order valence-electron chi connectivity index (χ0n) is 13.0. The van der Waals surface area contributed by atoms with Gasteiger partial charge in [0.05, 0.1) is 6.61 Å². The third kappa shape index (κ3) is 3.66. The lowest BCUT2D eigenvalue weighted by atomic mass is 9.80. The molecule has 2 atom stereocenters. The Morgan fingerprint density at radius 3 is 2.91 bits per heavy atom. The molecular formula is C14H19N3O5S. The number of nitrogens with one attached hydrogen (secondary N) is 1. The second-order valence-electron chi connectivity index (χ2n) is 5.24. The molecule has 1 aliphatic heterocycles. The molecule has 8 nitrogen and oxygen atoms in total. The van der Waals surface area contributed by atoms with Crippen LogP contribution in [0.3, 0.4) is 0 Å². The summed E-state index contributed by atoms with van der Waals surface area (Å²) in [5.41, 5.74) is 0.0790. The molecule has 1 aromatic heterocycles. The molecule has 0 unspecified atom stereocenters. The van der Waals surface area contributed by atoms with Gasteiger partial charge in [0.15, 0.2) is 11.5 Å². The average Bonchev–Trinajstić information content (AvgIpc) is 3.14. The van der Waals surface area contributed by atoms with Gasteiger partial charge in [-0.05, 0) is 13.3 Å². The molecule has 0 aliphatic carbocycles. The number of cyclic esters (lactones) is 1. The normalized spacial score (nSPS) is 23.4. The van der Waals surface area contributed by atoms with Gasteiger partial charge in [0.1, 0.15) is 5.51 Å². The third-order valence-corrected chi connectivity index (χ3v) is 4.29. The fraction of sp³-hybridized carbons (Fsp3) is 0.643. The summed E-state index contributed by atoms with van der Waals surface area (Å²) in [5, 5.41) is 10.2. The summed E-state index contributed by atoms with van der Waals surface area (Å²) in [5.74, 6) is -1.83. The van der Waals surface area contributed by atoms with Gasteiger partial charge in [-0.3, -0.25) is 19.7 Å². The predicted octanol–water partition coefficient (Wildman–Crippen LogP) is 1.53. The molecule has 0 aromatic carbocycles. The van der Waals surface area contributed by atoms with Crippen molar-refractivity contribution >= 4 is 34.3 Å². The van der Waals surface area contributed by atoms with Crippen LogP contribution < -0.4 is 5.32 Å². The smallest absolute Gasteiger partial charge is 0.324 e. The molecule has 1 saturated heterocycles. The number of carbonyl (C=O) groups is 3. The van der Waals surface area contributed by atoms with E-state index >= 15 is 0 Å². The fourth-order valence-electron chi connectivity index (χ4n) is 2.46. The van der Waals surface area contributed by atoms with Gasteiger partial charge in [-0.15, -0.1) is 10.2 Å². The van der Waals surface area contributed by atoms with Crippen molar-refractivity contribution in [1.29, 1.82) is 0 Å². The molecule has 0 bridgehead atoms. The lowest BCUT2D eigenvalue weighted by molar-refractivity contribution is -0.166. The number of amides is 1. The number of unbranched alkanes of at least 4 members (excludes halogenated alkanes) is 1. The summed E-state index contributed by atoms with van der Waals surface area (Å²) in [6.07, 6.45) is 0.737. The Labute approximate surface area is 137 Å². The molecule has 0 radical (unpaired) electrons. The second kappa shape index (κ2) is 7.49. The topological polar surface area (TPSA) is 107 Å². The van der Waals surface area contributed by atoms with Crippen molar-refractivity contribution in [1.82, 2.24) is 10.2 Å². The van der Waals surface area contributed by atoms with Crippen molar-refractivity contribution in [3.8, 4) is 0 Å². The summed E-state index contributed by atoms with van der Waals surface area (Å²) < 4.78 is 10.2. The highest BCUT2D eigenvalue weighted by Gasteiger charge is 2.57. The number of rotatable bonds is 7. The molecule has 126 valence electrons. The Balaban J connectivity index is 2.13. The summed E-state index contributed by atoms with van der Waals surface area (Å²) in [6, 6.07) is 0. The molecule has 1 aromatic rings. The first-order valence-electron chi connectivity index (χ1n) is 7.48. The van der Waals surface area contributed by atoms with E-state index in [9.17, 15) is 14.4 Å². The molecule has 0 spiro atoms. The maximum Gasteiger partial charge on any atom is 0.324 e. The van der Waals surface area contributed by atoms with Gasteiger partial charge in [0, 0.05) is 6.42 Å². The minimum atomic E-state index is -1.39. The second-order valence-corrected chi connectivity index (χ2v) is 6.07. The van der Waals surface area contributed by atoms with Gasteiger partial charge >= 0.3 is 11.9 Å². The van der Waals surface area contributed by atoms with Crippen LogP contribution in [-0.2, 0) is 23.9 Å². The van der Waals surface area contributed by atoms with Crippen LogP contribution in [0.2, 0.25) is 0 Å². The van der Waals surface area contributed by atoms with Gasteiger partial charge in [-0.2, -0.15) is 0 Å². The maximum absolute atomic E-state index is 12.3. The number of carbonyl (C=O) groups excluding carboxylic acids is 3. The van der Waals surface area contributed by atoms with Crippen LogP contribution in [0, 0.1) is 5.41 Å². The molecule has 0 saturated carbocycles. The lowest BCUT2D eigenvalue weighted by Gasteiger charge is -2.21. The fourth-order valence-corrected chi connectivity index (χ4v) is 2.91. The van der Waals surface area contributed by atoms with Crippen LogP contribution >= 0.6 is 11.3 Å². The van der Waals surface area contributed by atoms with E-state index in [1.165, 1.54) is 5.51 Å². The van der Waals surface area contributed by atoms with Crippen molar-refractivity contribution in [2.75, 3.05) is 11.9 Å². The SMILES string of the molecule is CCCC[C@]1(C(=O)OCC)C[C@H](C(=O)Nc2nncs2)OC1=O. The number of esters is 2. The Kier molecular flexibility index (Phi) is 5.64. The zero-order chi connectivity index (χ0) is 16.9. The van der Waals surface area contributed by atoms with Crippen LogP contribution in [0.15, 0.2) is 5.51 Å². The van der Waals surface area contributed by atoms with Gasteiger partial charge in [0.2, 0.25) is 5.13 Å². The number of aromatic nitrogens is 2. The van der Waals surface area contributed by atoms with Crippen LogP contribution in [0.4, 0.5) is 5.13 Å². The summed E-state index contributed by atoms with van der Waals surface area (Å²) in [4.78, 5) is 36.8. The summed E-state index contributed by atoms with van der Waals surface area (Å²) >= 11 is 1.15. The molecule has 2 rings (SSSR count). The van der Waals surface area contributed by atoms with E-state index in [0.717, 1.165) is 17.8 Å². The zero-order valence-corrected chi connectivity index (χ0v) is 13.9. The number of nitrogens with zero attached hydrogens (tertiary/aromatic N) is 2. The molecule has 1 fully saturated rings. The highest BCUT2D eigenvalue weighted by molar-refractivity contribution is 7.13. The van der Waals surface area contributed by atoms with Crippen molar-refractivity contribution < 1.29 is 23.9 Å². The van der Waals surface area contributed by atoms with Crippen molar-refractivity contribution in [2.24, 2.45) is 5.41 Å². The maximum atomic E-state index is 12.3. The highest BCUT2D eigenvalue weighted by Crippen LogP contribution is 2.40. The van der Waals surface area contributed by atoms with E-state index in [1.807, 2.05) is 6.92 Å². The molecule has 1 aliphatic rings. The van der Waals surface area contributed by atoms with E-state index < -0.39 is 29.4 Å². The highest BCUT2D eigenvalue weighted by atomic mass is 32.1. The number of anilines is 1. The van der Waals surface area contributed by atoms with Crippen LogP contribution in [0.1, 0.15) is 39.5 Å². The molecule has 23 heavy (non-hydrogen) atoms. The Morgan fingerprint density at radius 1 is 1.52 bits per heavy atom. The van der Waals surface area contributed by atoms with Crippen LogP contribution in [0.25, 0.3) is 0 Å². The average molecular weight is 341 g/mol. The standard InChI is InChI=1S/C14H19N3O5S/c1-3-5-6-14(11(19)21-4-2)7-9(22-12(14)20)10(18)16-13-17-15-8-23-13/h8-9H,3-7H2,1-2H3,(H,16,17,18)/t9-,14-/m1/s1. The van der Waals surface area contributed by atoms with Gasteiger partial charge in [0.25, 0.3) is 5.91 Å². The Hall–Kier alpha value is -2.03. The number of ether oxygens (including phenoxy) is 2. The van der Waals surface area contributed by atoms with E-state index in [0.29, 0.717) is 18.0 Å². The monoisotopic (exact) mass is 341 g/mol.